The first kappa shape index (κ1) is 10.7. The van der Waals surface area contributed by atoms with Crippen LogP contribution in [0.2, 0.25) is 0 Å². The van der Waals surface area contributed by atoms with Crippen LogP contribution in [0.25, 0.3) is 0 Å². The summed E-state index contributed by atoms with van der Waals surface area (Å²) >= 11 is 1.26. The molecular weight excluding hydrogens is 234 g/mol. The third-order valence-electron chi connectivity index (χ3n) is 1.84. The lowest BCUT2D eigenvalue weighted by atomic mass is 10.3. The Bertz CT molecular complexity index is 514. The molecular formula is C10H6F2N2OS. The van der Waals surface area contributed by atoms with Gasteiger partial charge in [0.15, 0.2) is 0 Å². The Kier molecular flexibility index (Phi) is 2.91. The van der Waals surface area contributed by atoms with Crippen molar-refractivity contribution in [2.75, 3.05) is 5.32 Å². The van der Waals surface area contributed by atoms with E-state index in [1.54, 1.807) is 0 Å². The number of nitrogens with zero attached hydrogens (tertiary/aromatic N) is 1. The molecule has 16 heavy (non-hydrogen) atoms. The fraction of sp³-hybridized carbons (Fsp3) is 0. The minimum absolute atomic E-state index is 0.0700. The molecule has 0 radical (unpaired) electrons. The second-order valence-electron chi connectivity index (χ2n) is 2.95. The first-order valence-electron chi connectivity index (χ1n) is 4.31. The predicted octanol–water partition coefficient (Wildman–Crippen LogP) is 2.67. The van der Waals surface area contributed by atoms with Crippen LogP contribution in [0.1, 0.15) is 10.5 Å². The molecule has 1 N–H and O–H groups in total. The van der Waals surface area contributed by atoms with Gasteiger partial charge in [0.2, 0.25) is 0 Å². The maximum atomic E-state index is 13.2. The maximum Gasteiger partial charge on any atom is 0.275 e. The lowest BCUT2D eigenvalue weighted by molar-refractivity contribution is 0.102. The Morgan fingerprint density at radius 1 is 1.38 bits per heavy atom. The van der Waals surface area contributed by atoms with Gasteiger partial charge < -0.3 is 5.32 Å². The number of nitrogens with one attached hydrogen (secondary N) is 1. The van der Waals surface area contributed by atoms with Crippen molar-refractivity contribution in [3.63, 3.8) is 0 Å². The number of halogens is 2. The molecule has 1 amide bonds. The fourth-order valence-corrected chi connectivity index (χ4v) is 1.63. The lowest BCUT2D eigenvalue weighted by Gasteiger charge is -2.04. The molecule has 82 valence electrons. The molecule has 1 heterocycles. The molecule has 2 aromatic rings. The maximum absolute atomic E-state index is 13.2. The Morgan fingerprint density at radius 3 is 2.81 bits per heavy atom. The van der Waals surface area contributed by atoms with Crippen LogP contribution < -0.4 is 5.32 Å². The smallest absolute Gasteiger partial charge is 0.275 e. The van der Waals surface area contributed by atoms with Crippen LogP contribution in [-0.2, 0) is 0 Å². The highest BCUT2D eigenvalue weighted by molar-refractivity contribution is 7.07. The minimum atomic E-state index is -0.816. The summed E-state index contributed by atoms with van der Waals surface area (Å²) in [6, 6.07) is 2.94. The van der Waals surface area contributed by atoms with Gasteiger partial charge in [-0.2, -0.15) is 0 Å². The number of hydrogen-bond donors (Lipinski definition) is 1. The summed E-state index contributed by atoms with van der Waals surface area (Å²) in [6.45, 7) is 0. The average molecular weight is 240 g/mol. The third kappa shape index (κ3) is 2.22. The van der Waals surface area contributed by atoms with Crippen LogP contribution in [-0.4, -0.2) is 10.9 Å². The van der Waals surface area contributed by atoms with Crippen LogP contribution in [0.4, 0.5) is 14.5 Å². The Morgan fingerprint density at radius 2 is 2.19 bits per heavy atom. The number of carbonyl (C=O) groups is 1. The van der Waals surface area contributed by atoms with E-state index in [-0.39, 0.29) is 11.4 Å². The van der Waals surface area contributed by atoms with Gasteiger partial charge in [-0.15, -0.1) is 11.3 Å². The van der Waals surface area contributed by atoms with Gasteiger partial charge in [0.25, 0.3) is 5.91 Å². The molecule has 1 aromatic carbocycles. The molecule has 0 atom stereocenters. The molecule has 0 unspecified atom stereocenters. The van der Waals surface area contributed by atoms with Crippen molar-refractivity contribution in [2.24, 2.45) is 0 Å². The second-order valence-corrected chi connectivity index (χ2v) is 3.67. The van der Waals surface area contributed by atoms with Gasteiger partial charge in [-0.3, -0.25) is 4.79 Å². The first-order chi connectivity index (χ1) is 7.66. The number of aromatic nitrogens is 1. The van der Waals surface area contributed by atoms with Crippen molar-refractivity contribution in [1.29, 1.82) is 0 Å². The largest absolute Gasteiger partial charge is 0.318 e. The summed E-state index contributed by atoms with van der Waals surface area (Å²) in [4.78, 5) is 15.3. The standard InChI is InChI=1S/C10H6F2N2OS/c11-6-1-2-8(7(12)3-6)14-10(15)9-4-16-5-13-9/h1-5H,(H,14,15). The number of thiazole rings is 1. The van der Waals surface area contributed by atoms with Crippen LogP contribution in [0, 0.1) is 11.6 Å². The van der Waals surface area contributed by atoms with Crippen LogP contribution in [0.5, 0.6) is 0 Å². The topological polar surface area (TPSA) is 42.0 Å². The van der Waals surface area contributed by atoms with Gasteiger partial charge in [-0.1, -0.05) is 0 Å². The normalized spacial score (nSPS) is 10.1. The summed E-state index contributed by atoms with van der Waals surface area (Å²) in [7, 11) is 0. The SMILES string of the molecule is O=C(Nc1ccc(F)cc1F)c1cscn1. The Labute approximate surface area is 93.8 Å². The zero-order valence-electron chi connectivity index (χ0n) is 7.91. The molecule has 0 aliphatic heterocycles. The summed E-state index contributed by atoms with van der Waals surface area (Å²) in [5, 5.41) is 3.84. The number of rotatable bonds is 2. The highest BCUT2D eigenvalue weighted by Crippen LogP contribution is 2.16. The molecule has 0 aliphatic rings. The number of anilines is 1. The lowest BCUT2D eigenvalue weighted by Crippen LogP contribution is -2.13. The molecule has 0 aliphatic carbocycles. The highest BCUT2D eigenvalue weighted by Gasteiger charge is 2.11. The summed E-state index contributed by atoms with van der Waals surface area (Å²) in [5.41, 5.74) is 1.63. The predicted molar refractivity (Wildman–Crippen MR) is 56.4 cm³/mol. The van der Waals surface area contributed by atoms with Crippen LogP contribution >= 0.6 is 11.3 Å². The summed E-state index contributed by atoms with van der Waals surface area (Å²) in [6.07, 6.45) is 0. The Balaban J connectivity index is 2.18. The van der Waals surface area contributed by atoms with Gasteiger partial charge in [-0.25, -0.2) is 13.8 Å². The van der Waals surface area contributed by atoms with Crippen molar-refractivity contribution in [2.45, 2.75) is 0 Å². The molecule has 6 heteroatoms. The minimum Gasteiger partial charge on any atom is -0.318 e. The van der Waals surface area contributed by atoms with Gasteiger partial charge in [0, 0.05) is 11.4 Å². The molecule has 0 saturated carbocycles. The molecule has 1 aromatic heterocycles. The van der Waals surface area contributed by atoms with E-state index in [1.807, 2.05) is 0 Å². The number of benzene rings is 1. The number of carbonyl (C=O) groups excluding carboxylic acids is 1. The highest BCUT2D eigenvalue weighted by atomic mass is 32.1. The molecule has 2 rings (SSSR count). The van der Waals surface area contributed by atoms with Crippen LogP contribution in [0.15, 0.2) is 29.1 Å². The van der Waals surface area contributed by atoms with E-state index in [1.165, 1.54) is 22.2 Å². The van der Waals surface area contributed by atoms with Crippen molar-refractivity contribution in [1.82, 2.24) is 4.98 Å². The van der Waals surface area contributed by atoms with Gasteiger partial charge >= 0.3 is 0 Å². The molecule has 0 saturated heterocycles. The second kappa shape index (κ2) is 4.36. The van der Waals surface area contributed by atoms with Gasteiger partial charge in [-0.05, 0) is 12.1 Å². The van der Waals surface area contributed by atoms with Crippen molar-refractivity contribution in [3.05, 3.63) is 46.4 Å². The van der Waals surface area contributed by atoms with E-state index in [0.29, 0.717) is 6.07 Å². The first-order valence-corrected chi connectivity index (χ1v) is 5.25. The van der Waals surface area contributed by atoms with Gasteiger partial charge in [0.05, 0.1) is 11.2 Å². The fourth-order valence-electron chi connectivity index (χ4n) is 1.10. The van der Waals surface area contributed by atoms with E-state index in [2.05, 4.69) is 10.3 Å². The zero-order chi connectivity index (χ0) is 11.5. The monoisotopic (exact) mass is 240 g/mol. The van der Waals surface area contributed by atoms with Crippen molar-refractivity contribution >= 4 is 22.9 Å². The quantitative estimate of drug-likeness (QED) is 0.876. The van der Waals surface area contributed by atoms with E-state index >= 15 is 0 Å². The third-order valence-corrected chi connectivity index (χ3v) is 2.43. The Hall–Kier alpha value is -1.82. The number of amides is 1. The summed E-state index contributed by atoms with van der Waals surface area (Å²) in [5.74, 6) is -2.03. The van der Waals surface area contributed by atoms with Crippen LogP contribution in [0.3, 0.4) is 0 Å². The van der Waals surface area contributed by atoms with E-state index in [4.69, 9.17) is 0 Å². The van der Waals surface area contributed by atoms with Crippen molar-refractivity contribution < 1.29 is 13.6 Å². The van der Waals surface area contributed by atoms with E-state index in [0.717, 1.165) is 12.1 Å². The van der Waals surface area contributed by atoms with Gasteiger partial charge in [0.1, 0.15) is 17.3 Å². The van der Waals surface area contributed by atoms with E-state index in [9.17, 15) is 13.6 Å². The molecule has 0 bridgehead atoms. The average Bonchev–Trinajstić information content (AvgIpc) is 2.75. The van der Waals surface area contributed by atoms with E-state index < -0.39 is 17.5 Å². The molecule has 0 fully saturated rings. The van der Waals surface area contributed by atoms with Crippen molar-refractivity contribution in [3.8, 4) is 0 Å². The molecule has 0 spiro atoms. The number of hydrogen-bond acceptors (Lipinski definition) is 3. The zero-order valence-corrected chi connectivity index (χ0v) is 8.72. The summed E-state index contributed by atoms with van der Waals surface area (Å²) < 4.78 is 25.8. The molecule has 3 nitrogen and oxygen atoms in total.